The summed E-state index contributed by atoms with van der Waals surface area (Å²) >= 11 is 0. The minimum absolute atomic E-state index is 0.619. The second-order valence-corrected chi connectivity index (χ2v) is 3.48. The first-order chi connectivity index (χ1) is 7.24. The van der Waals surface area contributed by atoms with Gasteiger partial charge in [-0.15, -0.1) is 0 Å². The Morgan fingerprint density at radius 1 is 1.20 bits per heavy atom. The third kappa shape index (κ3) is 2.58. The van der Waals surface area contributed by atoms with Crippen molar-refractivity contribution >= 4 is 11.6 Å². The molecule has 0 aromatic carbocycles. The van der Waals surface area contributed by atoms with Crippen LogP contribution in [0, 0.1) is 0 Å². The van der Waals surface area contributed by atoms with Crippen LogP contribution in [0.4, 0.5) is 11.6 Å². The predicted octanol–water partition coefficient (Wildman–Crippen LogP) is 1.86. The van der Waals surface area contributed by atoms with Crippen molar-refractivity contribution in [1.82, 2.24) is 9.97 Å². The molecule has 1 rings (SSSR count). The first kappa shape index (κ1) is 11.8. The SMILES string of the molecule is CCCc1c(N)ncnc1N(CC)CC. The quantitative estimate of drug-likeness (QED) is 0.802. The molecular weight excluding hydrogens is 188 g/mol. The van der Waals surface area contributed by atoms with Gasteiger partial charge in [0.2, 0.25) is 0 Å². The molecule has 0 radical (unpaired) electrons. The molecule has 0 aliphatic heterocycles. The normalized spacial score (nSPS) is 10.3. The minimum Gasteiger partial charge on any atom is -0.383 e. The van der Waals surface area contributed by atoms with Gasteiger partial charge in [-0.25, -0.2) is 9.97 Å². The molecular formula is C11H20N4. The van der Waals surface area contributed by atoms with Gasteiger partial charge in [0, 0.05) is 18.7 Å². The maximum atomic E-state index is 5.88. The van der Waals surface area contributed by atoms with E-state index in [0.717, 1.165) is 37.3 Å². The third-order valence-electron chi connectivity index (χ3n) is 2.52. The lowest BCUT2D eigenvalue weighted by Crippen LogP contribution is -2.25. The number of hydrogen-bond acceptors (Lipinski definition) is 4. The van der Waals surface area contributed by atoms with Crippen LogP contribution >= 0.6 is 0 Å². The zero-order chi connectivity index (χ0) is 11.3. The van der Waals surface area contributed by atoms with Crippen molar-refractivity contribution in [2.75, 3.05) is 23.7 Å². The Bertz CT molecular complexity index is 307. The molecule has 2 N–H and O–H groups in total. The van der Waals surface area contributed by atoms with E-state index in [0.29, 0.717) is 5.82 Å². The van der Waals surface area contributed by atoms with Crippen molar-refractivity contribution in [2.24, 2.45) is 0 Å². The molecule has 0 fully saturated rings. The average molecular weight is 208 g/mol. The van der Waals surface area contributed by atoms with Crippen molar-refractivity contribution in [1.29, 1.82) is 0 Å². The van der Waals surface area contributed by atoms with Gasteiger partial charge in [0.05, 0.1) is 0 Å². The highest BCUT2D eigenvalue weighted by Crippen LogP contribution is 2.22. The van der Waals surface area contributed by atoms with Crippen molar-refractivity contribution < 1.29 is 0 Å². The molecule has 1 aromatic rings. The molecule has 0 spiro atoms. The van der Waals surface area contributed by atoms with Crippen LogP contribution in [0.3, 0.4) is 0 Å². The van der Waals surface area contributed by atoms with Crippen LogP contribution in [0.25, 0.3) is 0 Å². The van der Waals surface area contributed by atoms with Gasteiger partial charge in [-0.1, -0.05) is 13.3 Å². The van der Waals surface area contributed by atoms with Gasteiger partial charge in [0.15, 0.2) is 0 Å². The molecule has 1 heterocycles. The van der Waals surface area contributed by atoms with Crippen LogP contribution in [0.1, 0.15) is 32.8 Å². The summed E-state index contributed by atoms with van der Waals surface area (Å²) < 4.78 is 0. The fourth-order valence-corrected chi connectivity index (χ4v) is 1.70. The van der Waals surface area contributed by atoms with E-state index in [1.54, 1.807) is 6.33 Å². The van der Waals surface area contributed by atoms with Crippen LogP contribution in [0.2, 0.25) is 0 Å². The second-order valence-electron chi connectivity index (χ2n) is 3.48. The highest BCUT2D eigenvalue weighted by atomic mass is 15.2. The van der Waals surface area contributed by atoms with E-state index in [2.05, 4.69) is 35.6 Å². The van der Waals surface area contributed by atoms with Crippen LogP contribution in [0.15, 0.2) is 6.33 Å². The molecule has 0 aliphatic rings. The van der Waals surface area contributed by atoms with E-state index < -0.39 is 0 Å². The molecule has 1 aromatic heterocycles. The van der Waals surface area contributed by atoms with Crippen LogP contribution in [0.5, 0.6) is 0 Å². The maximum absolute atomic E-state index is 5.88. The molecule has 15 heavy (non-hydrogen) atoms. The van der Waals surface area contributed by atoms with Gasteiger partial charge < -0.3 is 10.6 Å². The first-order valence-electron chi connectivity index (χ1n) is 5.58. The summed E-state index contributed by atoms with van der Waals surface area (Å²) in [5.41, 5.74) is 6.96. The number of nitrogen functional groups attached to an aromatic ring is 1. The molecule has 0 bridgehead atoms. The number of nitrogens with zero attached hydrogens (tertiary/aromatic N) is 3. The summed E-state index contributed by atoms with van der Waals surface area (Å²) in [5.74, 6) is 1.61. The molecule has 0 unspecified atom stereocenters. The van der Waals surface area contributed by atoms with Gasteiger partial charge in [-0.2, -0.15) is 0 Å². The van der Waals surface area contributed by atoms with Crippen LogP contribution in [-0.4, -0.2) is 23.1 Å². The zero-order valence-corrected chi connectivity index (χ0v) is 9.82. The Morgan fingerprint density at radius 3 is 2.40 bits per heavy atom. The Labute approximate surface area is 91.5 Å². The van der Waals surface area contributed by atoms with Gasteiger partial charge in [-0.05, 0) is 20.3 Å². The monoisotopic (exact) mass is 208 g/mol. The largest absolute Gasteiger partial charge is 0.383 e. The van der Waals surface area contributed by atoms with Crippen LogP contribution in [-0.2, 0) is 6.42 Å². The molecule has 0 saturated carbocycles. The molecule has 0 atom stereocenters. The summed E-state index contributed by atoms with van der Waals surface area (Å²) in [6.45, 7) is 8.28. The van der Waals surface area contributed by atoms with Gasteiger partial charge >= 0.3 is 0 Å². The average Bonchev–Trinajstić information content (AvgIpc) is 2.24. The predicted molar refractivity (Wildman–Crippen MR) is 64.0 cm³/mol. The van der Waals surface area contributed by atoms with Gasteiger partial charge in [0.25, 0.3) is 0 Å². The van der Waals surface area contributed by atoms with Crippen molar-refractivity contribution in [3.05, 3.63) is 11.9 Å². The van der Waals surface area contributed by atoms with Crippen LogP contribution < -0.4 is 10.6 Å². The topological polar surface area (TPSA) is 55.0 Å². The summed E-state index contributed by atoms with van der Waals surface area (Å²) in [5, 5.41) is 0. The smallest absolute Gasteiger partial charge is 0.137 e. The Hall–Kier alpha value is -1.32. The van der Waals surface area contributed by atoms with Gasteiger partial charge in [0.1, 0.15) is 18.0 Å². The summed E-state index contributed by atoms with van der Waals surface area (Å²) in [7, 11) is 0. The standard InChI is InChI=1S/C11H20N4/c1-4-7-9-10(12)13-8-14-11(9)15(5-2)6-3/h8H,4-7H2,1-3H3,(H2,12,13,14). The van der Waals surface area contributed by atoms with Crippen molar-refractivity contribution in [2.45, 2.75) is 33.6 Å². The van der Waals surface area contributed by atoms with E-state index in [1.807, 2.05) is 0 Å². The Morgan fingerprint density at radius 2 is 1.87 bits per heavy atom. The van der Waals surface area contributed by atoms with E-state index >= 15 is 0 Å². The number of nitrogens with two attached hydrogens (primary N) is 1. The fraction of sp³-hybridized carbons (Fsp3) is 0.636. The van der Waals surface area contributed by atoms with E-state index in [4.69, 9.17) is 5.73 Å². The number of rotatable bonds is 5. The summed E-state index contributed by atoms with van der Waals surface area (Å²) in [6.07, 6.45) is 3.55. The van der Waals surface area contributed by atoms with Gasteiger partial charge in [-0.3, -0.25) is 0 Å². The van der Waals surface area contributed by atoms with E-state index in [9.17, 15) is 0 Å². The zero-order valence-electron chi connectivity index (χ0n) is 9.82. The second kappa shape index (κ2) is 5.53. The molecule has 4 heteroatoms. The van der Waals surface area contributed by atoms with E-state index in [-0.39, 0.29) is 0 Å². The highest BCUT2D eigenvalue weighted by Gasteiger charge is 2.12. The fourth-order valence-electron chi connectivity index (χ4n) is 1.70. The molecule has 84 valence electrons. The van der Waals surface area contributed by atoms with Crippen molar-refractivity contribution in [3.8, 4) is 0 Å². The van der Waals surface area contributed by atoms with E-state index in [1.165, 1.54) is 0 Å². The lowest BCUT2D eigenvalue weighted by Gasteiger charge is -2.22. The molecule has 0 aliphatic carbocycles. The number of anilines is 2. The summed E-state index contributed by atoms with van der Waals surface area (Å²) in [6, 6.07) is 0. The minimum atomic E-state index is 0.619. The molecule has 0 saturated heterocycles. The lowest BCUT2D eigenvalue weighted by atomic mass is 10.1. The maximum Gasteiger partial charge on any atom is 0.137 e. The summed E-state index contributed by atoms with van der Waals surface area (Å²) in [4.78, 5) is 10.6. The highest BCUT2D eigenvalue weighted by molar-refractivity contribution is 5.56. The number of hydrogen-bond donors (Lipinski definition) is 1. The molecule has 4 nitrogen and oxygen atoms in total. The van der Waals surface area contributed by atoms with Crippen molar-refractivity contribution in [3.63, 3.8) is 0 Å². The molecule has 0 amide bonds. The lowest BCUT2D eigenvalue weighted by molar-refractivity contribution is 0.814. The first-order valence-corrected chi connectivity index (χ1v) is 5.58. The Balaban J connectivity index is 3.09. The Kier molecular flexibility index (Phi) is 4.34. The number of aromatic nitrogens is 2. The third-order valence-corrected chi connectivity index (χ3v) is 2.52.